The van der Waals surface area contributed by atoms with E-state index in [9.17, 15) is 9.59 Å². The van der Waals surface area contributed by atoms with E-state index in [2.05, 4.69) is 30.8 Å². The number of carbonyl (C=O) groups excluding carboxylic acids is 2. The molecular weight excluding hydrogens is 426 g/mol. The van der Waals surface area contributed by atoms with Gasteiger partial charge in [-0.15, -0.1) is 11.3 Å². The molecular formula is C22H27N7O2S. The topological polar surface area (TPSA) is 125 Å². The zero-order chi connectivity index (χ0) is 22.9. The molecule has 5 N–H and O–H groups in total. The average molecular weight is 454 g/mol. The Morgan fingerprint density at radius 1 is 1.12 bits per heavy atom. The first-order chi connectivity index (χ1) is 15.4. The Labute approximate surface area is 191 Å². The lowest BCUT2D eigenvalue weighted by atomic mass is 10.0. The quantitative estimate of drug-likeness (QED) is 0.367. The van der Waals surface area contributed by atoms with E-state index in [4.69, 9.17) is 5.73 Å². The minimum atomic E-state index is -0.354. The molecule has 1 atom stereocenters. The van der Waals surface area contributed by atoms with Crippen LogP contribution in [0.1, 0.15) is 34.9 Å². The van der Waals surface area contributed by atoms with Gasteiger partial charge in [-0.25, -0.2) is 9.78 Å². The number of hydrogen-bond acceptors (Lipinski definition) is 7. The number of para-hydroxylation sites is 2. The molecule has 0 fully saturated rings. The molecule has 10 heteroatoms. The monoisotopic (exact) mass is 453 g/mol. The third kappa shape index (κ3) is 6.76. The van der Waals surface area contributed by atoms with Crippen molar-refractivity contribution in [3.8, 4) is 0 Å². The number of aromatic nitrogens is 2. The molecule has 9 nitrogen and oxygen atoms in total. The molecule has 0 saturated carbocycles. The number of pyridine rings is 1. The lowest BCUT2D eigenvalue weighted by Crippen LogP contribution is -2.33. The Morgan fingerprint density at radius 3 is 2.59 bits per heavy atom. The number of hydrogen-bond donors (Lipinski definition) is 4. The van der Waals surface area contributed by atoms with E-state index in [0.29, 0.717) is 16.5 Å². The van der Waals surface area contributed by atoms with Gasteiger partial charge in [0.1, 0.15) is 5.69 Å². The molecule has 32 heavy (non-hydrogen) atoms. The molecule has 0 spiro atoms. The third-order valence-electron chi connectivity index (χ3n) is 4.69. The van der Waals surface area contributed by atoms with Crippen molar-refractivity contribution in [3.05, 3.63) is 65.4 Å². The Bertz CT molecular complexity index is 1020. The van der Waals surface area contributed by atoms with Gasteiger partial charge in [0.15, 0.2) is 5.13 Å². The van der Waals surface area contributed by atoms with Crippen LogP contribution in [0.3, 0.4) is 0 Å². The van der Waals surface area contributed by atoms with Crippen LogP contribution < -0.4 is 21.7 Å². The molecule has 2 heterocycles. The summed E-state index contributed by atoms with van der Waals surface area (Å²) in [6.07, 6.45) is 4.85. The van der Waals surface area contributed by atoms with Crippen LogP contribution in [0, 0.1) is 0 Å². The molecule has 3 aromatic rings. The number of thiazole rings is 1. The Kier molecular flexibility index (Phi) is 8.12. The van der Waals surface area contributed by atoms with Crippen molar-refractivity contribution in [3.63, 3.8) is 0 Å². The standard InChI is InChI=1S/C22H27N7O2S/c1-29(2)12-5-8-17(27-21(31)28-22-24-11-13-32-22)15-9-10-19(25-14-15)20(30)26-18-7-4-3-6-16(18)23/h3-4,6-7,9-11,13-14,17H,5,8,12,23H2,1-2H3,(H,26,30)(H2,24,27,28,31). The minimum Gasteiger partial charge on any atom is -0.397 e. The predicted molar refractivity (Wildman–Crippen MR) is 128 cm³/mol. The largest absolute Gasteiger partial charge is 0.397 e. The maximum absolute atomic E-state index is 12.5. The number of amides is 3. The fourth-order valence-corrected chi connectivity index (χ4v) is 3.58. The summed E-state index contributed by atoms with van der Waals surface area (Å²) >= 11 is 1.35. The molecule has 0 aliphatic carbocycles. The highest BCUT2D eigenvalue weighted by atomic mass is 32.1. The first-order valence-electron chi connectivity index (χ1n) is 10.2. The van der Waals surface area contributed by atoms with Gasteiger partial charge in [-0.1, -0.05) is 18.2 Å². The van der Waals surface area contributed by atoms with E-state index in [1.807, 2.05) is 14.1 Å². The van der Waals surface area contributed by atoms with E-state index in [0.717, 1.165) is 24.9 Å². The highest BCUT2D eigenvalue weighted by Crippen LogP contribution is 2.21. The fraction of sp³-hybridized carbons (Fsp3) is 0.273. The van der Waals surface area contributed by atoms with E-state index < -0.39 is 0 Å². The molecule has 168 valence electrons. The molecule has 1 aromatic carbocycles. The zero-order valence-electron chi connectivity index (χ0n) is 18.0. The molecule has 0 aliphatic heterocycles. The molecule has 0 radical (unpaired) electrons. The molecule has 2 aromatic heterocycles. The molecule has 3 amide bonds. The van der Waals surface area contributed by atoms with Crippen molar-refractivity contribution in [2.24, 2.45) is 0 Å². The zero-order valence-corrected chi connectivity index (χ0v) is 18.9. The second kappa shape index (κ2) is 11.2. The maximum Gasteiger partial charge on any atom is 0.321 e. The van der Waals surface area contributed by atoms with Crippen molar-refractivity contribution in [1.82, 2.24) is 20.2 Å². The van der Waals surface area contributed by atoms with Gasteiger partial charge in [-0.05, 0) is 57.2 Å². The lowest BCUT2D eigenvalue weighted by Gasteiger charge is -2.20. The van der Waals surface area contributed by atoms with Crippen LogP contribution >= 0.6 is 11.3 Å². The van der Waals surface area contributed by atoms with Crippen LogP contribution in [0.15, 0.2) is 54.2 Å². The van der Waals surface area contributed by atoms with Crippen LogP contribution in [0.25, 0.3) is 0 Å². The van der Waals surface area contributed by atoms with Crippen LogP contribution in [-0.4, -0.2) is 47.4 Å². The molecule has 0 saturated heterocycles. The first kappa shape index (κ1) is 23.2. The van der Waals surface area contributed by atoms with Gasteiger partial charge in [-0.2, -0.15) is 0 Å². The summed E-state index contributed by atoms with van der Waals surface area (Å²) in [6.45, 7) is 0.888. The number of nitrogens with two attached hydrogens (primary N) is 1. The first-order valence-corrected chi connectivity index (χ1v) is 11.0. The van der Waals surface area contributed by atoms with Gasteiger partial charge in [0.2, 0.25) is 0 Å². The highest BCUT2D eigenvalue weighted by molar-refractivity contribution is 7.13. The van der Waals surface area contributed by atoms with Crippen LogP contribution in [0.2, 0.25) is 0 Å². The Balaban J connectivity index is 1.68. The number of rotatable bonds is 9. The minimum absolute atomic E-state index is 0.260. The van der Waals surface area contributed by atoms with Gasteiger partial charge >= 0.3 is 6.03 Å². The summed E-state index contributed by atoms with van der Waals surface area (Å²) in [4.78, 5) is 35.4. The maximum atomic E-state index is 12.5. The number of urea groups is 1. The molecule has 1 unspecified atom stereocenters. The van der Waals surface area contributed by atoms with Crippen LogP contribution in [-0.2, 0) is 0 Å². The van der Waals surface area contributed by atoms with Crippen molar-refractivity contribution >= 4 is 39.8 Å². The van der Waals surface area contributed by atoms with Gasteiger partial charge < -0.3 is 21.3 Å². The van der Waals surface area contributed by atoms with Crippen molar-refractivity contribution < 1.29 is 9.59 Å². The number of nitrogens with zero attached hydrogens (tertiary/aromatic N) is 3. The summed E-state index contributed by atoms with van der Waals surface area (Å²) in [7, 11) is 4.01. The van der Waals surface area contributed by atoms with E-state index in [-0.39, 0.29) is 23.7 Å². The van der Waals surface area contributed by atoms with Gasteiger partial charge in [0.25, 0.3) is 5.91 Å². The SMILES string of the molecule is CN(C)CCCC(NC(=O)Nc1nccs1)c1ccc(C(=O)Nc2ccccc2N)nc1. The number of nitrogen functional groups attached to an aromatic ring is 1. The van der Waals surface area contributed by atoms with Crippen molar-refractivity contribution in [1.29, 1.82) is 0 Å². The van der Waals surface area contributed by atoms with Crippen molar-refractivity contribution in [2.45, 2.75) is 18.9 Å². The summed E-state index contributed by atoms with van der Waals surface area (Å²) in [6, 6.07) is 9.89. The van der Waals surface area contributed by atoms with Crippen LogP contribution in [0.4, 0.5) is 21.3 Å². The van der Waals surface area contributed by atoms with Gasteiger partial charge in [-0.3, -0.25) is 15.1 Å². The van der Waals surface area contributed by atoms with Gasteiger partial charge in [0.05, 0.1) is 17.4 Å². The number of anilines is 3. The number of benzene rings is 1. The fourth-order valence-electron chi connectivity index (χ4n) is 3.05. The van der Waals surface area contributed by atoms with E-state index in [1.54, 1.807) is 54.2 Å². The molecule has 3 rings (SSSR count). The summed E-state index contributed by atoms with van der Waals surface area (Å²) in [5.74, 6) is -0.354. The Morgan fingerprint density at radius 2 is 1.94 bits per heavy atom. The Hall–Kier alpha value is -3.50. The highest BCUT2D eigenvalue weighted by Gasteiger charge is 2.17. The summed E-state index contributed by atoms with van der Waals surface area (Å²) in [5, 5.41) is 10.8. The van der Waals surface area contributed by atoms with Crippen molar-refractivity contribution in [2.75, 3.05) is 37.0 Å². The molecule has 0 aliphatic rings. The predicted octanol–water partition coefficient (Wildman–Crippen LogP) is 3.58. The average Bonchev–Trinajstić information content (AvgIpc) is 3.27. The third-order valence-corrected chi connectivity index (χ3v) is 5.38. The second-order valence-electron chi connectivity index (χ2n) is 7.45. The van der Waals surface area contributed by atoms with Crippen LogP contribution in [0.5, 0.6) is 0 Å². The normalized spacial score (nSPS) is 11.7. The summed E-state index contributed by atoms with van der Waals surface area (Å²) in [5.41, 5.74) is 7.97. The summed E-state index contributed by atoms with van der Waals surface area (Å²) < 4.78 is 0. The number of carbonyl (C=O) groups is 2. The molecule has 0 bridgehead atoms. The second-order valence-corrected chi connectivity index (χ2v) is 8.35. The van der Waals surface area contributed by atoms with E-state index >= 15 is 0 Å². The lowest BCUT2D eigenvalue weighted by molar-refractivity contribution is 0.102. The smallest absolute Gasteiger partial charge is 0.321 e. The van der Waals surface area contributed by atoms with E-state index in [1.165, 1.54) is 11.3 Å². The van der Waals surface area contributed by atoms with Gasteiger partial charge in [0, 0.05) is 17.8 Å². The number of nitrogens with one attached hydrogen (secondary N) is 3.